The third kappa shape index (κ3) is 1.68. The molecule has 9 heavy (non-hydrogen) atoms. The van der Waals surface area contributed by atoms with E-state index in [-0.39, 0.29) is 0 Å². The average Bonchev–Trinajstić information content (AvgIpc) is 2.37. The molecule has 1 heterocycles. The smallest absolute Gasteiger partial charge is 0.00930 e. The maximum Gasteiger partial charge on any atom is 0.00930 e. The Bertz CT molecular complexity index is 74.6. The summed E-state index contributed by atoms with van der Waals surface area (Å²) in [5.74, 6) is 0.882. The molecule has 1 rings (SSSR count). The summed E-state index contributed by atoms with van der Waals surface area (Å²) < 4.78 is 0. The molecule has 2 atom stereocenters. The van der Waals surface area contributed by atoms with Gasteiger partial charge in [0.15, 0.2) is 0 Å². The van der Waals surface area contributed by atoms with Crippen LogP contribution in [0.4, 0.5) is 0 Å². The average molecular weight is 127 g/mol. The van der Waals surface area contributed by atoms with Crippen molar-refractivity contribution < 1.29 is 0 Å². The Kier molecular flexibility index (Phi) is 2.52. The Balaban J connectivity index is 2.24. The van der Waals surface area contributed by atoms with Crippen LogP contribution in [0.3, 0.4) is 0 Å². The van der Waals surface area contributed by atoms with Crippen molar-refractivity contribution in [3.05, 3.63) is 0 Å². The zero-order valence-electron chi connectivity index (χ0n) is 6.48. The van der Waals surface area contributed by atoms with Crippen molar-refractivity contribution in [3.8, 4) is 0 Å². The topological polar surface area (TPSA) is 12.0 Å². The molecule has 1 nitrogen and oxygen atoms in total. The second kappa shape index (κ2) is 3.21. The molecule has 54 valence electrons. The van der Waals surface area contributed by atoms with Crippen molar-refractivity contribution in [3.63, 3.8) is 0 Å². The lowest BCUT2D eigenvalue weighted by molar-refractivity contribution is 0.409. The molecule has 1 fully saturated rings. The number of rotatable bonds is 2. The van der Waals surface area contributed by atoms with Crippen molar-refractivity contribution >= 4 is 0 Å². The van der Waals surface area contributed by atoms with Crippen LogP contribution in [0.5, 0.6) is 0 Å². The van der Waals surface area contributed by atoms with Gasteiger partial charge in [0, 0.05) is 6.04 Å². The highest BCUT2D eigenvalue weighted by atomic mass is 14.9. The zero-order valence-corrected chi connectivity index (χ0v) is 6.48. The lowest BCUT2D eigenvalue weighted by Crippen LogP contribution is -2.27. The van der Waals surface area contributed by atoms with Gasteiger partial charge in [-0.05, 0) is 25.3 Å². The molecule has 1 N–H and O–H groups in total. The molecule has 1 aliphatic rings. The molecular weight excluding hydrogens is 110 g/mol. The van der Waals surface area contributed by atoms with E-state index in [9.17, 15) is 0 Å². The van der Waals surface area contributed by atoms with Gasteiger partial charge in [-0.15, -0.1) is 0 Å². The first-order chi connectivity index (χ1) is 4.34. The first-order valence-electron chi connectivity index (χ1n) is 4.08. The van der Waals surface area contributed by atoms with E-state index >= 15 is 0 Å². The van der Waals surface area contributed by atoms with E-state index < -0.39 is 0 Å². The summed E-state index contributed by atoms with van der Waals surface area (Å²) in [6.07, 6.45) is 4.10. The lowest BCUT2D eigenvalue weighted by atomic mass is 9.98. The molecular formula is C8H17N. The van der Waals surface area contributed by atoms with E-state index in [1.165, 1.54) is 25.8 Å². The van der Waals surface area contributed by atoms with Crippen LogP contribution >= 0.6 is 0 Å². The molecule has 0 saturated carbocycles. The third-order valence-corrected chi connectivity index (χ3v) is 2.43. The van der Waals surface area contributed by atoms with E-state index in [0.29, 0.717) is 0 Å². The minimum atomic E-state index is 0.829. The Morgan fingerprint density at radius 2 is 2.44 bits per heavy atom. The van der Waals surface area contributed by atoms with Gasteiger partial charge in [0.1, 0.15) is 0 Å². The van der Waals surface area contributed by atoms with Gasteiger partial charge in [0.25, 0.3) is 0 Å². The van der Waals surface area contributed by atoms with Crippen molar-refractivity contribution in [2.45, 2.75) is 39.2 Å². The highest BCUT2D eigenvalue weighted by Gasteiger charge is 2.18. The van der Waals surface area contributed by atoms with Crippen molar-refractivity contribution in [1.29, 1.82) is 0 Å². The van der Waals surface area contributed by atoms with Gasteiger partial charge >= 0.3 is 0 Å². The maximum absolute atomic E-state index is 3.51. The summed E-state index contributed by atoms with van der Waals surface area (Å²) in [5.41, 5.74) is 0. The fourth-order valence-corrected chi connectivity index (χ4v) is 1.48. The summed E-state index contributed by atoms with van der Waals surface area (Å²) >= 11 is 0. The maximum atomic E-state index is 3.51. The number of hydrogen-bond acceptors (Lipinski definition) is 1. The molecule has 1 saturated heterocycles. The van der Waals surface area contributed by atoms with Crippen LogP contribution in [0.1, 0.15) is 33.1 Å². The third-order valence-electron chi connectivity index (χ3n) is 2.43. The minimum Gasteiger partial charge on any atom is -0.314 e. The van der Waals surface area contributed by atoms with E-state index in [4.69, 9.17) is 0 Å². The summed E-state index contributed by atoms with van der Waals surface area (Å²) in [7, 11) is 0. The Morgan fingerprint density at radius 3 is 2.89 bits per heavy atom. The molecule has 0 radical (unpaired) electrons. The first-order valence-corrected chi connectivity index (χ1v) is 4.08. The highest BCUT2D eigenvalue weighted by molar-refractivity contribution is 4.77. The molecule has 0 aromatic carbocycles. The Hall–Kier alpha value is -0.0400. The van der Waals surface area contributed by atoms with Crippen LogP contribution in [-0.4, -0.2) is 12.6 Å². The van der Waals surface area contributed by atoms with Gasteiger partial charge in [-0.3, -0.25) is 0 Å². The summed E-state index contributed by atoms with van der Waals surface area (Å²) in [6, 6.07) is 0.829. The van der Waals surface area contributed by atoms with Gasteiger partial charge in [-0.2, -0.15) is 0 Å². The molecule has 0 spiro atoms. The van der Waals surface area contributed by atoms with Crippen LogP contribution in [-0.2, 0) is 0 Å². The van der Waals surface area contributed by atoms with E-state index in [1.807, 2.05) is 0 Å². The molecule has 0 aliphatic carbocycles. The molecule has 1 heteroatoms. The van der Waals surface area contributed by atoms with Crippen molar-refractivity contribution in [1.82, 2.24) is 5.32 Å². The summed E-state index contributed by atoms with van der Waals surface area (Å²) in [5, 5.41) is 3.51. The van der Waals surface area contributed by atoms with Crippen LogP contribution in [0.15, 0.2) is 0 Å². The van der Waals surface area contributed by atoms with Crippen LogP contribution < -0.4 is 5.32 Å². The fourth-order valence-electron chi connectivity index (χ4n) is 1.48. The van der Waals surface area contributed by atoms with Gasteiger partial charge in [0.05, 0.1) is 0 Å². The molecule has 1 aliphatic heterocycles. The SMILES string of the molecule is CCC(C)C1CCCN1. The van der Waals surface area contributed by atoms with Gasteiger partial charge in [0.2, 0.25) is 0 Å². The first kappa shape index (κ1) is 7.07. The number of nitrogens with one attached hydrogen (secondary N) is 1. The predicted molar refractivity (Wildman–Crippen MR) is 40.5 cm³/mol. The largest absolute Gasteiger partial charge is 0.314 e. The van der Waals surface area contributed by atoms with E-state index in [1.54, 1.807) is 0 Å². The zero-order chi connectivity index (χ0) is 6.69. The monoisotopic (exact) mass is 127 g/mol. The highest BCUT2D eigenvalue weighted by Crippen LogP contribution is 2.16. The van der Waals surface area contributed by atoms with E-state index in [2.05, 4.69) is 19.2 Å². The van der Waals surface area contributed by atoms with Crippen LogP contribution in [0, 0.1) is 5.92 Å². The normalized spacial score (nSPS) is 30.7. The quantitative estimate of drug-likeness (QED) is 0.596. The Labute approximate surface area is 57.8 Å². The molecule has 0 aromatic rings. The minimum absolute atomic E-state index is 0.829. The van der Waals surface area contributed by atoms with Crippen molar-refractivity contribution in [2.75, 3.05) is 6.54 Å². The predicted octanol–water partition coefficient (Wildman–Crippen LogP) is 1.78. The molecule has 2 unspecified atom stereocenters. The molecule has 0 amide bonds. The van der Waals surface area contributed by atoms with Crippen molar-refractivity contribution in [2.24, 2.45) is 5.92 Å². The van der Waals surface area contributed by atoms with E-state index in [0.717, 1.165) is 12.0 Å². The number of hydrogen-bond donors (Lipinski definition) is 1. The summed E-state index contributed by atoms with van der Waals surface area (Å²) in [6.45, 7) is 5.85. The van der Waals surface area contributed by atoms with Gasteiger partial charge < -0.3 is 5.32 Å². The summed E-state index contributed by atoms with van der Waals surface area (Å²) in [4.78, 5) is 0. The van der Waals surface area contributed by atoms with Crippen LogP contribution in [0.25, 0.3) is 0 Å². The van der Waals surface area contributed by atoms with Crippen LogP contribution in [0.2, 0.25) is 0 Å². The molecule has 0 bridgehead atoms. The van der Waals surface area contributed by atoms with Gasteiger partial charge in [-0.1, -0.05) is 20.3 Å². The Morgan fingerprint density at radius 1 is 1.67 bits per heavy atom. The standard InChI is InChI=1S/C8H17N/c1-3-7(2)8-5-4-6-9-8/h7-9H,3-6H2,1-2H3. The second-order valence-corrected chi connectivity index (χ2v) is 3.09. The second-order valence-electron chi connectivity index (χ2n) is 3.09. The van der Waals surface area contributed by atoms with Gasteiger partial charge in [-0.25, -0.2) is 0 Å². The molecule has 0 aromatic heterocycles. The fraction of sp³-hybridized carbons (Fsp3) is 1.00. The lowest BCUT2D eigenvalue weighted by Gasteiger charge is -2.16.